The summed E-state index contributed by atoms with van der Waals surface area (Å²) in [6, 6.07) is 9.74. The third-order valence-electron chi connectivity index (χ3n) is 6.28. The van der Waals surface area contributed by atoms with Gasteiger partial charge in [-0.1, -0.05) is 0 Å². The Kier molecular flexibility index (Phi) is 8.40. The van der Waals surface area contributed by atoms with Gasteiger partial charge in [-0.05, 0) is 36.2 Å². The van der Waals surface area contributed by atoms with E-state index >= 15 is 0 Å². The van der Waals surface area contributed by atoms with E-state index in [-0.39, 0.29) is 30.3 Å². The van der Waals surface area contributed by atoms with Crippen LogP contribution in [-0.2, 0) is 17.8 Å². The Balaban J connectivity index is 0.00000289. The molecule has 0 saturated carbocycles. The van der Waals surface area contributed by atoms with Crippen LogP contribution < -0.4 is 15.4 Å². The van der Waals surface area contributed by atoms with Crippen molar-refractivity contribution in [3.05, 3.63) is 47.8 Å². The minimum Gasteiger partial charge on any atom is -0.481 e. The smallest absolute Gasteiger partial charge is 0.235 e. The number of hydrogen-bond donors (Lipinski definition) is 3. The number of aliphatic hydroxyl groups excluding tert-OH is 1. The number of methoxy groups -OCH3 is 1. The number of amides is 1. The highest BCUT2D eigenvalue weighted by Gasteiger charge is 2.30. The van der Waals surface area contributed by atoms with E-state index in [0.29, 0.717) is 37.1 Å². The van der Waals surface area contributed by atoms with E-state index in [1.165, 1.54) is 11.8 Å². The number of likely N-dealkylation sites (tertiary alicyclic amines) is 1. The summed E-state index contributed by atoms with van der Waals surface area (Å²) >= 11 is 1.51. The van der Waals surface area contributed by atoms with Crippen LogP contribution in [0.5, 0.6) is 5.88 Å². The highest BCUT2D eigenvalue weighted by molar-refractivity contribution is 8.00. The molecule has 11 heteroatoms. The number of aromatic nitrogens is 3. The van der Waals surface area contributed by atoms with Gasteiger partial charge in [-0.3, -0.25) is 9.78 Å². The molecule has 2 aliphatic heterocycles. The molecule has 186 valence electrons. The molecule has 2 atom stereocenters. The van der Waals surface area contributed by atoms with Crippen LogP contribution in [0.1, 0.15) is 11.3 Å². The predicted molar refractivity (Wildman–Crippen MR) is 138 cm³/mol. The van der Waals surface area contributed by atoms with Gasteiger partial charge in [0.05, 0.1) is 40.6 Å². The number of nitrogens with zero attached hydrogens (tertiary/aromatic N) is 4. The summed E-state index contributed by atoms with van der Waals surface area (Å²) in [5.74, 6) is 1.80. The van der Waals surface area contributed by atoms with Gasteiger partial charge in [-0.15, -0.1) is 24.2 Å². The Morgan fingerprint density at radius 2 is 2.11 bits per heavy atom. The highest BCUT2D eigenvalue weighted by atomic mass is 35.5. The van der Waals surface area contributed by atoms with E-state index in [4.69, 9.17) is 4.74 Å². The second kappa shape index (κ2) is 11.5. The first kappa shape index (κ1) is 25.6. The maximum atomic E-state index is 11.6. The average molecular weight is 517 g/mol. The molecule has 0 bridgehead atoms. The quantitative estimate of drug-likeness (QED) is 0.414. The van der Waals surface area contributed by atoms with E-state index in [0.717, 1.165) is 46.7 Å². The number of fused-ring (bicyclic) bond motifs is 2. The number of hydrogen-bond acceptors (Lipinski definition) is 9. The van der Waals surface area contributed by atoms with Gasteiger partial charge in [0.25, 0.3) is 0 Å². The van der Waals surface area contributed by atoms with Crippen molar-refractivity contribution in [3.63, 3.8) is 0 Å². The monoisotopic (exact) mass is 516 g/mol. The normalized spacial score (nSPS) is 19.8. The molecule has 3 N–H and O–H groups in total. The summed E-state index contributed by atoms with van der Waals surface area (Å²) in [4.78, 5) is 28.4. The van der Waals surface area contributed by atoms with Crippen molar-refractivity contribution in [2.75, 3.05) is 44.4 Å². The largest absolute Gasteiger partial charge is 0.481 e. The first-order chi connectivity index (χ1) is 16.6. The molecule has 5 heterocycles. The molecule has 2 unspecified atom stereocenters. The van der Waals surface area contributed by atoms with Crippen LogP contribution >= 0.6 is 24.2 Å². The van der Waals surface area contributed by atoms with Crippen LogP contribution in [0.3, 0.4) is 0 Å². The number of anilines is 1. The van der Waals surface area contributed by atoms with Crippen molar-refractivity contribution in [3.8, 4) is 5.88 Å². The van der Waals surface area contributed by atoms with Crippen molar-refractivity contribution < 1.29 is 14.6 Å². The fourth-order valence-electron chi connectivity index (χ4n) is 4.47. The van der Waals surface area contributed by atoms with E-state index in [2.05, 4.69) is 30.5 Å². The molecule has 1 amide bonds. The lowest BCUT2D eigenvalue weighted by Crippen LogP contribution is -2.30. The molecule has 1 saturated heterocycles. The van der Waals surface area contributed by atoms with Crippen molar-refractivity contribution >= 4 is 46.9 Å². The van der Waals surface area contributed by atoms with Gasteiger partial charge in [0.15, 0.2) is 0 Å². The molecule has 2 aliphatic rings. The van der Waals surface area contributed by atoms with Crippen LogP contribution in [0.15, 0.2) is 41.4 Å². The van der Waals surface area contributed by atoms with Gasteiger partial charge in [-0.2, -0.15) is 0 Å². The molecule has 1 fully saturated rings. The van der Waals surface area contributed by atoms with Crippen LogP contribution in [0.4, 0.5) is 5.82 Å². The number of thioether (sulfide) groups is 1. The summed E-state index contributed by atoms with van der Waals surface area (Å²) < 4.78 is 5.27. The van der Waals surface area contributed by atoms with Gasteiger partial charge in [0.1, 0.15) is 5.82 Å². The van der Waals surface area contributed by atoms with Gasteiger partial charge < -0.3 is 25.4 Å². The molecule has 0 radical (unpaired) electrons. The fourth-order valence-corrected chi connectivity index (χ4v) is 5.22. The zero-order chi connectivity index (χ0) is 23.5. The second-order valence-electron chi connectivity index (χ2n) is 8.65. The van der Waals surface area contributed by atoms with E-state index in [1.807, 2.05) is 36.5 Å². The second-order valence-corrected chi connectivity index (χ2v) is 9.66. The summed E-state index contributed by atoms with van der Waals surface area (Å²) in [6.07, 6.45) is 2.28. The van der Waals surface area contributed by atoms with Gasteiger partial charge in [0, 0.05) is 50.9 Å². The molecule has 9 nitrogen and oxygen atoms in total. The number of halogens is 1. The fraction of sp³-hybridized carbons (Fsp3) is 0.417. The molecule has 3 aromatic rings. The maximum absolute atomic E-state index is 11.6. The molecule has 0 aromatic carbocycles. The lowest BCUT2D eigenvalue weighted by Gasteiger charge is -2.17. The summed E-state index contributed by atoms with van der Waals surface area (Å²) in [7, 11) is 1.61. The van der Waals surface area contributed by atoms with Crippen LogP contribution in [0.2, 0.25) is 0 Å². The number of pyridine rings is 3. The maximum Gasteiger partial charge on any atom is 0.235 e. The number of nitrogens with one attached hydrogen (secondary N) is 2. The molecular formula is C24H29ClN6O3S. The van der Waals surface area contributed by atoms with Gasteiger partial charge in [-0.25, -0.2) is 9.97 Å². The Bertz CT molecular complexity index is 1200. The first-order valence-electron chi connectivity index (χ1n) is 11.4. The van der Waals surface area contributed by atoms with Crippen molar-refractivity contribution in [2.45, 2.75) is 24.0 Å². The minimum atomic E-state index is -0.368. The third kappa shape index (κ3) is 6.02. The zero-order valence-electron chi connectivity index (χ0n) is 19.4. The SMILES string of the molecule is COc1ccc2nccc(CCN3CC(O)C(CNCc4ccc5c(n4)NC(=O)CS5)C3)c2n1.Cl. The Labute approximate surface area is 214 Å². The number of rotatable bonds is 8. The zero-order valence-corrected chi connectivity index (χ0v) is 21.1. The molecule has 3 aromatic heterocycles. The van der Waals surface area contributed by atoms with E-state index in [1.54, 1.807) is 7.11 Å². The minimum absolute atomic E-state index is 0. The topological polar surface area (TPSA) is 113 Å². The third-order valence-corrected chi connectivity index (χ3v) is 7.32. The molecule has 0 spiro atoms. The number of carbonyl (C=O) groups excluding carboxylic acids is 1. The van der Waals surface area contributed by atoms with Crippen LogP contribution in [0, 0.1) is 5.92 Å². The number of carbonyl (C=O) groups is 1. The van der Waals surface area contributed by atoms with Crippen LogP contribution in [0.25, 0.3) is 11.0 Å². The highest BCUT2D eigenvalue weighted by Crippen LogP contribution is 2.29. The average Bonchev–Trinajstić information content (AvgIpc) is 3.21. The first-order valence-corrected chi connectivity index (χ1v) is 12.4. The van der Waals surface area contributed by atoms with E-state index < -0.39 is 0 Å². The summed E-state index contributed by atoms with van der Waals surface area (Å²) in [6.45, 7) is 3.63. The summed E-state index contributed by atoms with van der Waals surface area (Å²) in [5.41, 5.74) is 3.73. The number of aliphatic hydroxyl groups is 1. The lowest BCUT2D eigenvalue weighted by atomic mass is 10.1. The molecule has 0 aliphatic carbocycles. The standard InChI is InChI=1S/C24H28N6O3S.ClH/c1-33-22-5-3-18-23(29-22)15(6-8-26-18)7-9-30-12-16(19(31)13-30)10-25-11-17-2-4-20-24(27-17)28-21(32)14-34-20;/h2-6,8,16,19,25,31H,7,9-14H2,1H3,(H,27,28,32);1H. The lowest BCUT2D eigenvalue weighted by molar-refractivity contribution is -0.113. The molecular weight excluding hydrogens is 488 g/mol. The van der Waals surface area contributed by atoms with Crippen molar-refractivity contribution in [1.29, 1.82) is 0 Å². The van der Waals surface area contributed by atoms with Crippen molar-refractivity contribution in [1.82, 2.24) is 25.2 Å². The van der Waals surface area contributed by atoms with Crippen LogP contribution in [-0.4, -0.2) is 76.0 Å². The number of ether oxygens (including phenoxy) is 1. The van der Waals surface area contributed by atoms with Gasteiger partial charge in [0.2, 0.25) is 11.8 Å². The van der Waals surface area contributed by atoms with E-state index in [9.17, 15) is 9.90 Å². The molecule has 35 heavy (non-hydrogen) atoms. The Morgan fingerprint density at radius 1 is 1.23 bits per heavy atom. The number of β-amino-alcohol motifs (C(OH)–C–C–N with tert-alkyl or cyclic N) is 1. The van der Waals surface area contributed by atoms with Crippen molar-refractivity contribution in [2.24, 2.45) is 5.92 Å². The molecule has 5 rings (SSSR count). The Hall–Kier alpha value is -2.50. The summed E-state index contributed by atoms with van der Waals surface area (Å²) in [5, 5.41) is 16.8. The van der Waals surface area contributed by atoms with Gasteiger partial charge >= 0.3 is 0 Å². The predicted octanol–water partition coefficient (Wildman–Crippen LogP) is 2.12. The Morgan fingerprint density at radius 3 is 2.97 bits per heavy atom.